The van der Waals surface area contributed by atoms with Crippen LogP contribution in [0.5, 0.6) is 0 Å². The molecular formula is C18H19N3S. The largest absolute Gasteiger partial charge is 0.316 e. The average molecular weight is 309 g/mol. The van der Waals surface area contributed by atoms with E-state index in [1.807, 2.05) is 18.2 Å². The van der Waals surface area contributed by atoms with Crippen molar-refractivity contribution in [3.63, 3.8) is 0 Å². The molecule has 0 radical (unpaired) electrons. The lowest BCUT2D eigenvalue weighted by molar-refractivity contribution is 0.680. The average Bonchev–Trinajstić information content (AvgIpc) is 3.05. The van der Waals surface area contributed by atoms with E-state index in [1.54, 1.807) is 17.5 Å². The van der Waals surface area contributed by atoms with Crippen LogP contribution in [-0.4, -0.2) is 23.1 Å². The van der Waals surface area contributed by atoms with Crippen LogP contribution in [0.4, 0.5) is 0 Å². The van der Waals surface area contributed by atoms with Gasteiger partial charge in [0, 0.05) is 24.5 Å². The normalized spacial score (nSPS) is 10.7. The summed E-state index contributed by atoms with van der Waals surface area (Å²) in [6.07, 6.45) is 3.84. The molecule has 0 aliphatic rings. The van der Waals surface area contributed by atoms with Crippen molar-refractivity contribution < 1.29 is 0 Å². The van der Waals surface area contributed by atoms with E-state index in [-0.39, 0.29) is 0 Å². The molecule has 4 heteroatoms. The maximum Gasteiger partial charge on any atom is 0.0998 e. The SMILES string of the molecule is c1ccc(CCNCCc2nc(-c3ccccn3)cs2)cc1. The summed E-state index contributed by atoms with van der Waals surface area (Å²) in [7, 11) is 0. The number of nitrogens with one attached hydrogen (secondary N) is 1. The number of thiazole rings is 1. The highest BCUT2D eigenvalue weighted by Gasteiger charge is 2.04. The minimum absolute atomic E-state index is 0.946. The minimum Gasteiger partial charge on any atom is -0.316 e. The summed E-state index contributed by atoms with van der Waals surface area (Å²) in [5.41, 5.74) is 3.30. The minimum atomic E-state index is 0.946. The van der Waals surface area contributed by atoms with Crippen molar-refractivity contribution in [3.8, 4) is 11.4 Å². The molecule has 0 atom stereocenters. The van der Waals surface area contributed by atoms with Gasteiger partial charge in [0.15, 0.2) is 0 Å². The van der Waals surface area contributed by atoms with Gasteiger partial charge in [-0.2, -0.15) is 0 Å². The van der Waals surface area contributed by atoms with E-state index < -0.39 is 0 Å². The number of rotatable bonds is 7. The first kappa shape index (κ1) is 14.9. The smallest absolute Gasteiger partial charge is 0.0998 e. The molecule has 3 rings (SSSR count). The summed E-state index contributed by atoms with van der Waals surface area (Å²) in [5, 5.41) is 6.73. The third kappa shape index (κ3) is 4.23. The Bertz CT molecular complexity index is 680. The summed E-state index contributed by atoms with van der Waals surface area (Å²) in [6, 6.07) is 16.5. The van der Waals surface area contributed by atoms with Crippen LogP contribution in [0.15, 0.2) is 60.1 Å². The fourth-order valence-corrected chi connectivity index (χ4v) is 3.05. The van der Waals surface area contributed by atoms with E-state index in [1.165, 1.54) is 5.56 Å². The van der Waals surface area contributed by atoms with Gasteiger partial charge in [0.25, 0.3) is 0 Å². The van der Waals surface area contributed by atoms with Gasteiger partial charge in [-0.1, -0.05) is 36.4 Å². The van der Waals surface area contributed by atoms with Crippen molar-refractivity contribution in [2.45, 2.75) is 12.8 Å². The molecule has 0 fully saturated rings. The highest BCUT2D eigenvalue weighted by molar-refractivity contribution is 7.09. The monoisotopic (exact) mass is 309 g/mol. The van der Waals surface area contributed by atoms with Crippen molar-refractivity contribution in [2.75, 3.05) is 13.1 Å². The molecule has 22 heavy (non-hydrogen) atoms. The fraction of sp³-hybridized carbons (Fsp3) is 0.222. The van der Waals surface area contributed by atoms with Crippen molar-refractivity contribution in [2.24, 2.45) is 0 Å². The summed E-state index contributed by atoms with van der Waals surface area (Å²) in [6.45, 7) is 1.96. The molecular weight excluding hydrogens is 290 g/mol. The summed E-state index contributed by atoms with van der Waals surface area (Å²) in [5.74, 6) is 0. The molecule has 0 amide bonds. The van der Waals surface area contributed by atoms with Crippen molar-refractivity contribution in [1.29, 1.82) is 0 Å². The summed E-state index contributed by atoms with van der Waals surface area (Å²) >= 11 is 1.71. The second-order valence-electron chi connectivity index (χ2n) is 5.08. The topological polar surface area (TPSA) is 37.8 Å². The quantitative estimate of drug-likeness (QED) is 0.678. The van der Waals surface area contributed by atoms with Gasteiger partial charge in [-0.15, -0.1) is 11.3 Å². The lowest BCUT2D eigenvalue weighted by atomic mass is 10.1. The van der Waals surface area contributed by atoms with E-state index in [0.717, 1.165) is 42.3 Å². The van der Waals surface area contributed by atoms with Crippen LogP contribution in [0.1, 0.15) is 10.6 Å². The fourth-order valence-electron chi connectivity index (χ4n) is 2.26. The summed E-state index contributed by atoms with van der Waals surface area (Å²) < 4.78 is 0. The lowest BCUT2D eigenvalue weighted by Crippen LogP contribution is -2.20. The zero-order chi connectivity index (χ0) is 15.0. The molecule has 0 saturated carbocycles. The van der Waals surface area contributed by atoms with E-state index in [0.29, 0.717) is 0 Å². The number of hydrogen-bond donors (Lipinski definition) is 1. The zero-order valence-electron chi connectivity index (χ0n) is 12.4. The Labute approximate surface area is 135 Å². The van der Waals surface area contributed by atoms with Gasteiger partial charge in [0.05, 0.1) is 16.4 Å². The number of nitrogens with zero attached hydrogens (tertiary/aromatic N) is 2. The Balaban J connectivity index is 1.42. The maximum atomic E-state index is 4.65. The molecule has 2 heterocycles. The lowest BCUT2D eigenvalue weighted by Gasteiger charge is -2.03. The van der Waals surface area contributed by atoms with Gasteiger partial charge in [0.1, 0.15) is 0 Å². The Morgan fingerprint density at radius 1 is 0.864 bits per heavy atom. The van der Waals surface area contributed by atoms with Crippen molar-refractivity contribution >= 4 is 11.3 Å². The highest BCUT2D eigenvalue weighted by Crippen LogP contribution is 2.19. The molecule has 1 N–H and O–H groups in total. The van der Waals surface area contributed by atoms with Crippen LogP contribution >= 0.6 is 11.3 Å². The molecule has 3 nitrogen and oxygen atoms in total. The molecule has 3 aromatic rings. The molecule has 0 aliphatic carbocycles. The van der Waals surface area contributed by atoms with E-state index >= 15 is 0 Å². The molecule has 112 valence electrons. The Kier molecular flexibility index (Phi) is 5.29. The molecule has 0 saturated heterocycles. The molecule has 2 aromatic heterocycles. The van der Waals surface area contributed by atoms with Gasteiger partial charge in [-0.25, -0.2) is 4.98 Å². The molecule has 0 aliphatic heterocycles. The molecule has 0 bridgehead atoms. The zero-order valence-corrected chi connectivity index (χ0v) is 13.2. The Morgan fingerprint density at radius 2 is 1.68 bits per heavy atom. The molecule has 0 spiro atoms. The van der Waals surface area contributed by atoms with Crippen molar-refractivity contribution in [1.82, 2.24) is 15.3 Å². The van der Waals surface area contributed by atoms with Crippen LogP contribution in [0.25, 0.3) is 11.4 Å². The van der Waals surface area contributed by atoms with Crippen LogP contribution < -0.4 is 5.32 Å². The van der Waals surface area contributed by atoms with E-state index in [9.17, 15) is 0 Å². The summed E-state index contributed by atoms with van der Waals surface area (Å²) in [4.78, 5) is 8.99. The van der Waals surface area contributed by atoms with Crippen LogP contribution in [0, 0.1) is 0 Å². The third-order valence-electron chi connectivity index (χ3n) is 3.43. The maximum absolute atomic E-state index is 4.65. The number of hydrogen-bond acceptors (Lipinski definition) is 4. The number of pyridine rings is 1. The standard InChI is InChI=1S/C18H19N3S/c1-2-6-15(7-3-1)9-12-19-13-10-18-21-17(14-22-18)16-8-4-5-11-20-16/h1-8,11,14,19H,9-10,12-13H2. The predicted octanol–water partition coefficient (Wildman–Crippen LogP) is 3.58. The van der Waals surface area contributed by atoms with Crippen LogP contribution in [0.2, 0.25) is 0 Å². The number of benzene rings is 1. The van der Waals surface area contributed by atoms with E-state index in [2.05, 4.69) is 51.0 Å². The highest BCUT2D eigenvalue weighted by atomic mass is 32.1. The van der Waals surface area contributed by atoms with Gasteiger partial charge in [-0.3, -0.25) is 4.98 Å². The molecule has 0 unspecified atom stereocenters. The third-order valence-corrected chi connectivity index (χ3v) is 4.34. The Morgan fingerprint density at radius 3 is 2.50 bits per heavy atom. The van der Waals surface area contributed by atoms with Gasteiger partial charge in [-0.05, 0) is 30.7 Å². The molecule has 1 aromatic carbocycles. The van der Waals surface area contributed by atoms with E-state index in [4.69, 9.17) is 0 Å². The predicted molar refractivity (Wildman–Crippen MR) is 92.1 cm³/mol. The van der Waals surface area contributed by atoms with Crippen LogP contribution in [-0.2, 0) is 12.8 Å². The number of aromatic nitrogens is 2. The Hall–Kier alpha value is -2.04. The first-order chi connectivity index (χ1) is 10.9. The van der Waals surface area contributed by atoms with Gasteiger partial charge >= 0.3 is 0 Å². The first-order valence-electron chi connectivity index (χ1n) is 7.52. The van der Waals surface area contributed by atoms with Gasteiger partial charge in [0.2, 0.25) is 0 Å². The van der Waals surface area contributed by atoms with Crippen molar-refractivity contribution in [3.05, 3.63) is 70.7 Å². The second kappa shape index (κ2) is 7.82. The van der Waals surface area contributed by atoms with Gasteiger partial charge < -0.3 is 5.32 Å². The second-order valence-corrected chi connectivity index (χ2v) is 6.02. The first-order valence-corrected chi connectivity index (χ1v) is 8.40. The van der Waals surface area contributed by atoms with Crippen LogP contribution in [0.3, 0.4) is 0 Å².